The third-order valence-electron chi connectivity index (χ3n) is 2.67. The van der Waals surface area contributed by atoms with Gasteiger partial charge in [0.05, 0.1) is 0 Å². The van der Waals surface area contributed by atoms with E-state index in [2.05, 4.69) is 27.1 Å². The smallest absolute Gasteiger partial charge is 0.222 e. The van der Waals surface area contributed by atoms with Crippen LogP contribution in [0.15, 0.2) is 18.5 Å². The first kappa shape index (κ1) is 10.4. The zero-order valence-electron chi connectivity index (χ0n) is 9.19. The van der Waals surface area contributed by atoms with Gasteiger partial charge in [-0.1, -0.05) is 0 Å². The van der Waals surface area contributed by atoms with Gasteiger partial charge in [-0.05, 0) is 38.9 Å². The molecule has 1 saturated heterocycles. The monoisotopic (exact) mass is 206 g/mol. The summed E-state index contributed by atoms with van der Waals surface area (Å²) in [5, 5.41) is 3.30. The van der Waals surface area contributed by atoms with Crippen LogP contribution in [0.1, 0.15) is 19.8 Å². The Balaban J connectivity index is 1.79. The summed E-state index contributed by atoms with van der Waals surface area (Å²) in [5.41, 5.74) is 0. The molecular weight excluding hydrogens is 188 g/mol. The number of likely N-dealkylation sites (tertiary alicyclic amines) is 1. The second-order valence-corrected chi connectivity index (χ2v) is 4.13. The number of anilines is 1. The van der Waals surface area contributed by atoms with Crippen LogP contribution in [-0.2, 0) is 0 Å². The van der Waals surface area contributed by atoms with Crippen LogP contribution in [0, 0.1) is 0 Å². The van der Waals surface area contributed by atoms with E-state index < -0.39 is 0 Å². The lowest BCUT2D eigenvalue weighted by Gasteiger charge is -2.20. The van der Waals surface area contributed by atoms with E-state index in [4.69, 9.17) is 0 Å². The highest BCUT2D eigenvalue weighted by atomic mass is 15.2. The molecule has 0 aliphatic carbocycles. The van der Waals surface area contributed by atoms with Crippen molar-refractivity contribution in [2.75, 3.05) is 25.0 Å². The van der Waals surface area contributed by atoms with Gasteiger partial charge in [0.15, 0.2) is 0 Å². The Morgan fingerprint density at radius 2 is 2.00 bits per heavy atom. The molecule has 0 radical (unpaired) electrons. The lowest BCUT2D eigenvalue weighted by molar-refractivity contribution is 0.327. The van der Waals surface area contributed by atoms with Crippen molar-refractivity contribution < 1.29 is 0 Å². The van der Waals surface area contributed by atoms with Gasteiger partial charge in [0, 0.05) is 25.0 Å². The van der Waals surface area contributed by atoms with Crippen LogP contribution in [0.3, 0.4) is 0 Å². The van der Waals surface area contributed by atoms with Crippen molar-refractivity contribution in [3.8, 4) is 0 Å². The molecule has 1 aliphatic rings. The van der Waals surface area contributed by atoms with Gasteiger partial charge in [0.25, 0.3) is 0 Å². The first-order valence-corrected chi connectivity index (χ1v) is 5.60. The number of aromatic nitrogens is 2. The maximum absolute atomic E-state index is 4.15. The lowest BCUT2D eigenvalue weighted by atomic mass is 10.3. The minimum atomic E-state index is 0.408. The number of nitrogens with one attached hydrogen (secondary N) is 1. The van der Waals surface area contributed by atoms with Gasteiger partial charge in [-0.15, -0.1) is 0 Å². The Morgan fingerprint density at radius 1 is 1.33 bits per heavy atom. The van der Waals surface area contributed by atoms with Crippen LogP contribution >= 0.6 is 0 Å². The molecule has 4 heteroatoms. The SMILES string of the molecule is CC(CN1CCCC1)Nc1ncccn1. The average molecular weight is 206 g/mol. The highest BCUT2D eigenvalue weighted by Crippen LogP contribution is 2.08. The second-order valence-electron chi connectivity index (χ2n) is 4.13. The zero-order chi connectivity index (χ0) is 10.5. The van der Waals surface area contributed by atoms with Crippen molar-refractivity contribution in [3.05, 3.63) is 18.5 Å². The Bertz CT molecular complexity index is 282. The van der Waals surface area contributed by atoms with Gasteiger partial charge in [-0.2, -0.15) is 0 Å². The van der Waals surface area contributed by atoms with Crippen LogP contribution in [0.2, 0.25) is 0 Å². The summed E-state index contributed by atoms with van der Waals surface area (Å²) in [4.78, 5) is 10.8. The molecule has 1 atom stereocenters. The van der Waals surface area contributed by atoms with Gasteiger partial charge in [0.1, 0.15) is 0 Å². The Morgan fingerprint density at radius 3 is 2.67 bits per heavy atom. The predicted octanol–water partition coefficient (Wildman–Crippen LogP) is 1.37. The summed E-state index contributed by atoms with van der Waals surface area (Å²) in [6, 6.07) is 2.24. The van der Waals surface area contributed by atoms with Crippen molar-refractivity contribution in [1.82, 2.24) is 14.9 Å². The molecule has 1 aliphatic heterocycles. The molecule has 1 aromatic rings. The molecule has 0 spiro atoms. The van der Waals surface area contributed by atoms with Crippen molar-refractivity contribution >= 4 is 5.95 Å². The quantitative estimate of drug-likeness (QED) is 0.808. The highest BCUT2D eigenvalue weighted by molar-refractivity contribution is 5.23. The Kier molecular flexibility index (Phi) is 3.50. The van der Waals surface area contributed by atoms with Gasteiger partial charge in [-0.3, -0.25) is 0 Å². The molecule has 0 aromatic carbocycles. The van der Waals surface area contributed by atoms with E-state index in [9.17, 15) is 0 Å². The van der Waals surface area contributed by atoms with Gasteiger partial charge in [-0.25, -0.2) is 9.97 Å². The Labute approximate surface area is 90.7 Å². The van der Waals surface area contributed by atoms with Gasteiger partial charge < -0.3 is 10.2 Å². The van der Waals surface area contributed by atoms with Crippen molar-refractivity contribution in [2.45, 2.75) is 25.8 Å². The van der Waals surface area contributed by atoms with Gasteiger partial charge in [0.2, 0.25) is 5.95 Å². The van der Waals surface area contributed by atoms with Crippen LogP contribution in [0.5, 0.6) is 0 Å². The largest absolute Gasteiger partial charge is 0.350 e. The maximum Gasteiger partial charge on any atom is 0.222 e. The van der Waals surface area contributed by atoms with Crippen LogP contribution in [-0.4, -0.2) is 40.5 Å². The van der Waals surface area contributed by atoms with Crippen LogP contribution in [0.25, 0.3) is 0 Å². The van der Waals surface area contributed by atoms with Crippen molar-refractivity contribution in [3.63, 3.8) is 0 Å². The zero-order valence-corrected chi connectivity index (χ0v) is 9.19. The summed E-state index contributed by atoms with van der Waals surface area (Å²) in [7, 11) is 0. The van der Waals surface area contributed by atoms with Crippen LogP contribution < -0.4 is 5.32 Å². The third kappa shape index (κ3) is 3.16. The minimum Gasteiger partial charge on any atom is -0.350 e. The first-order valence-electron chi connectivity index (χ1n) is 5.60. The van der Waals surface area contributed by atoms with E-state index in [0.717, 1.165) is 12.5 Å². The molecule has 2 rings (SSSR count). The molecule has 1 unspecified atom stereocenters. The second kappa shape index (κ2) is 5.07. The van der Waals surface area contributed by atoms with E-state index in [1.54, 1.807) is 12.4 Å². The summed E-state index contributed by atoms with van der Waals surface area (Å²) in [6.07, 6.45) is 6.21. The number of rotatable bonds is 4. The molecule has 0 saturated carbocycles. The molecule has 15 heavy (non-hydrogen) atoms. The molecule has 1 N–H and O–H groups in total. The maximum atomic E-state index is 4.15. The fraction of sp³-hybridized carbons (Fsp3) is 0.636. The normalized spacial score (nSPS) is 19.0. The highest BCUT2D eigenvalue weighted by Gasteiger charge is 2.14. The fourth-order valence-corrected chi connectivity index (χ4v) is 1.99. The average Bonchev–Trinajstić information content (AvgIpc) is 2.71. The summed E-state index contributed by atoms with van der Waals surface area (Å²) < 4.78 is 0. The first-order chi connectivity index (χ1) is 7.34. The van der Waals surface area contributed by atoms with Crippen molar-refractivity contribution in [2.24, 2.45) is 0 Å². The molecule has 1 aromatic heterocycles. The van der Waals surface area contributed by atoms with E-state index in [1.807, 2.05) is 6.07 Å². The van der Waals surface area contributed by atoms with Crippen LogP contribution in [0.4, 0.5) is 5.95 Å². The van der Waals surface area contributed by atoms with E-state index in [1.165, 1.54) is 25.9 Å². The summed E-state index contributed by atoms with van der Waals surface area (Å²) in [6.45, 7) is 5.73. The fourth-order valence-electron chi connectivity index (χ4n) is 1.99. The molecular formula is C11H18N4. The number of nitrogens with zero attached hydrogens (tertiary/aromatic N) is 3. The standard InChI is InChI=1S/C11H18N4/c1-10(9-15-7-2-3-8-15)14-11-12-5-4-6-13-11/h4-6,10H,2-3,7-9H2,1H3,(H,12,13,14). The summed E-state index contributed by atoms with van der Waals surface area (Å²) >= 11 is 0. The van der Waals surface area contributed by atoms with Crippen molar-refractivity contribution in [1.29, 1.82) is 0 Å². The molecule has 4 nitrogen and oxygen atoms in total. The Hall–Kier alpha value is -1.16. The molecule has 1 fully saturated rings. The van der Waals surface area contributed by atoms with E-state index in [0.29, 0.717) is 6.04 Å². The lowest BCUT2D eigenvalue weighted by Crippen LogP contribution is -2.33. The summed E-state index contributed by atoms with van der Waals surface area (Å²) in [5.74, 6) is 0.726. The topological polar surface area (TPSA) is 41.0 Å². The van der Waals surface area contributed by atoms with E-state index in [-0.39, 0.29) is 0 Å². The van der Waals surface area contributed by atoms with Gasteiger partial charge >= 0.3 is 0 Å². The molecule has 82 valence electrons. The molecule has 0 amide bonds. The third-order valence-corrected chi connectivity index (χ3v) is 2.67. The predicted molar refractivity (Wildman–Crippen MR) is 60.8 cm³/mol. The number of hydrogen-bond acceptors (Lipinski definition) is 4. The number of hydrogen-bond donors (Lipinski definition) is 1. The minimum absolute atomic E-state index is 0.408. The molecule has 0 bridgehead atoms. The van der Waals surface area contributed by atoms with E-state index >= 15 is 0 Å². The molecule has 2 heterocycles.